The van der Waals surface area contributed by atoms with E-state index in [2.05, 4.69) is 86.9 Å². The molecule has 0 aliphatic carbocycles. The Hall–Kier alpha value is -4.24. The Labute approximate surface area is 223 Å². The van der Waals surface area contributed by atoms with Crippen molar-refractivity contribution in [3.63, 3.8) is 0 Å². The molecule has 0 fully saturated rings. The Morgan fingerprint density at radius 1 is 0.684 bits per heavy atom. The second kappa shape index (κ2) is 8.95. The van der Waals surface area contributed by atoms with E-state index in [1.807, 2.05) is 43.6 Å². The third-order valence-electron chi connectivity index (χ3n) is 7.51. The average Bonchev–Trinajstić information content (AvgIpc) is 3.27. The molecule has 0 spiro atoms. The zero-order valence-corrected chi connectivity index (χ0v) is 22.5. The van der Waals surface area contributed by atoms with E-state index >= 15 is 4.39 Å². The van der Waals surface area contributed by atoms with E-state index in [1.165, 1.54) is 5.56 Å². The molecular formula is C35H31FNO+. The molecule has 2 heterocycles. The van der Waals surface area contributed by atoms with Crippen LogP contribution in [0.4, 0.5) is 4.39 Å². The number of hydrogen-bond acceptors (Lipinski definition) is 1. The van der Waals surface area contributed by atoms with Gasteiger partial charge in [0.05, 0.1) is 11.1 Å². The lowest BCUT2D eigenvalue weighted by Crippen LogP contribution is -2.30. The van der Waals surface area contributed by atoms with E-state index in [4.69, 9.17) is 4.42 Å². The largest absolute Gasteiger partial charge is 0.454 e. The van der Waals surface area contributed by atoms with Gasteiger partial charge >= 0.3 is 0 Å². The number of hydrogen-bond donors (Lipinski definition) is 0. The Balaban J connectivity index is 1.51. The highest BCUT2D eigenvalue weighted by Crippen LogP contribution is 2.42. The van der Waals surface area contributed by atoms with E-state index in [1.54, 1.807) is 6.07 Å². The first-order chi connectivity index (χ1) is 18.2. The predicted octanol–water partition coefficient (Wildman–Crippen LogP) is 9.16. The Bertz CT molecular complexity index is 1820. The van der Waals surface area contributed by atoms with Gasteiger partial charge in [-0.15, -0.1) is 0 Å². The fraction of sp³-hybridized carbons (Fsp3) is 0.171. The molecule has 4 aromatic carbocycles. The van der Waals surface area contributed by atoms with E-state index in [0.717, 1.165) is 49.9 Å². The Morgan fingerprint density at radius 2 is 1.37 bits per heavy atom. The summed E-state index contributed by atoms with van der Waals surface area (Å²) in [6.45, 7) is 8.74. The molecule has 3 heteroatoms. The molecule has 0 radical (unpaired) electrons. The zero-order valence-electron chi connectivity index (χ0n) is 22.5. The summed E-state index contributed by atoms with van der Waals surface area (Å²) in [5.74, 6) is -0.289. The van der Waals surface area contributed by atoms with Gasteiger partial charge in [0, 0.05) is 22.9 Å². The van der Waals surface area contributed by atoms with Gasteiger partial charge in [-0.3, -0.25) is 0 Å². The number of fused-ring (bicyclic) bond motifs is 3. The van der Waals surface area contributed by atoms with Crippen molar-refractivity contribution in [1.29, 1.82) is 0 Å². The monoisotopic (exact) mass is 500 g/mol. The minimum atomic E-state index is -0.289. The molecule has 6 aromatic rings. The van der Waals surface area contributed by atoms with Gasteiger partial charge in [-0.05, 0) is 58.4 Å². The maximum atomic E-state index is 15.4. The number of aromatic nitrogens is 1. The van der Waals surface area contributed by atoms with Crippen LogP contribution >= 0.6 is 0 Å². The van der Waals surface area contributed by atoms with Gasteiger partial charge in [-0.2, -0.15) is 0 Å². The van der Waals surface area contributed by atoms with Crippen LogP contribution in [0.5, 0.6) is 0 Å². The van der Waals surface area contributed by atoms with Gasteiger partial charge in [0.15, 0.2) is 6.20 Å². The summed E-state index contributed by atoms with van der Waals surface area (Å²) >= 11 is 0. The van der Waals surface area contributed by atoms with Crippen molar-refractivity contribution < 1.29 is 13.4 Å². The molecular weight excluding hydrogens is 469 g/mol. The highest BCUT2D eigenvalue weighted by Gasteiger charge is 2.23. The van der Waals surface area contributed by atoms with Crippen molar-refractivity contribution in [1.82, 2.24) is 0 Å². The summed E-state index contributed by atoms with van der Waals surface area (Å²) < 4.78 is 24.1. The number of furan rings is 1. The lowest BCUT2D eigenvalue weighted by atomic mass is 9.85. The summed E-state index contributed by atoms with van der Waals surface area (Å²) in [5, 5.41) is 1.90. The number of pyridine rings is 1. The summed E-state index contributed by atoms with van der Waals surface area (Å²) in [4.78, 5) is 0. The van der Waals surface area contributed by atoms with Crippen LogP contribution in [-0.2, 0) is 12.5 Å². The molecule has 0 saturated heterocycles. The number of benzene rings is 4. The number of nitrogens with zero attached hydrogens (tertiary/aromatic N) is 1. The van der Waals surface area contributed by atoms with Crippen molar-refractivity contribution in [2.75, 3.05) is 0 Å². The van der Waals surface area contributed by atoms with E-state index in [9.17, 15) is 0 Å². The van der Waals surface area contributed by atoms with Gasteiger partial charge in [0.2, 0.25) is 5.69 Å². The summed E-state index contributed by atoms with van der Waals surface area (Å²) in [5.41, 5.74) is 9.47. The maximum absolute atomic E-state index is 15.4. The molecule has 0 aliphatic rings. The van der Waals surface area contributed by atoms with Crippen molar-refractivity contribution >= 4 is 21.9 Å². The SMILES string of the molecule is Cc1ccc2c(oc3c(-c4ccc(-c5cccc(C(C)(C)C)c5)cc4)c(F)ccc32)c1-c1cccc[n+]1C. The second-order valence-electron chi connectivity index (χ2n) is 11.1. The first kappa shape index (κ1) is 24.1. The minimum Gasteiger partial charge on any atom is -0.454 e. The first-order valence-electron chi connectivity index (χ1n) is 13.0. The minimum absolute atomic E-state index is 0.0734. The normalized spacial score (nSPS) is 11.9. The third kappa shape index (κ3) is 3.99. The van der Waals surface area contributed by atoms with Crippen LogP contribution in [0, 0.1) is 12.7 Å². The number of rotatable bonds is 3. The molecule has 2 nitrogen and oxygen atoms in total. The molecule has 0 bridgehead atoms. The Morgan fingerprint density at radius 3 is 2.08 bits per heavy atom. The zero-order chi connectivity index (χ0) is 26.6. The smallest absolute Gasteiger partial charge is 0.216 e. The van der Waals surface area contributed by atoms with Crippen LogP contribution in [0.25, 0.3) is 55.4 Å². The Kier molecular flexibility index (Phi) is 5.68. The fourth-order valence-electron chi connectivity index (χ4n) is 5.34. The lowest BCUT2D eigenvalue weighted by molar-refractivity contribution is -0.660. The molecule has 0 saturated carbocycles. The van der Waals surface area contributed by atoms with Crippen molar-refractivity contribution in [3.8, 4) is 33.5 Å². The van der Waals surface area contributed by atoms with Gasteiger partial charge in [0.25, 0.3) is 0 Å². The second-order valence-corrected chi connectivity index (χ2v) is 11.1. The molecule has 0 aliphatic heterocycles. The molecule has 6 rings (SSSR count). The van der Waals surface area contributed by atoms with Crippen LogP contribution < -0.4 is 4.57 Å². The molecule has 0 atom stereocenters. The molecule has 0 unspecified atom stereocenters. The standard InChI is InChI=1S/C35H31FNO/c1-22-12-17-27-28-18-19-29(36)32(34(28)38-33(27)31(22)30-11-6-7-20-37(30)5)24-15-13-23(14-16-24)25-9-8-10-26(21-25)35(2,3)4/h6-21H,1-5H3/q+1. The van der Waals surface area contributed by atoms with Crippen molar-refractivity contribution in [2.24, 2.45) is 7.05 Å². The van der Waals surface area contributed by atoms with Crippen LogP contribution in [0.1, 0.15) is 31.9 Å². The maximum Gasteiger partial charge on any atom is 0.216 e. The predicted molar refractivity (Wildman–Crippen MR) is 155 cm³/mol. The van der Waals surface area contributed by atoms with Crippen molar-refractivity contribution in [3.05, 3.63) is 114 Å². The lowest BCUT2D eigenvalue weighted by Gasteiger charge is -2.20. The van der Waals surface area contributed by atoms with Crippen molar-refractivity contribution in [2.45, 2.75) is 33.1 Å². The quantitative estimate of drug-likeness (QED) is 0.221. The number of halogens is 1. The summed E-state index contributed by atoms with van der Waals surface area (Å²) in [6.07, 6.45) is 2.03. The van der Waals surface area contributed by atoms with Crippen LogP contribution in [0.3, 0.4) is 0 Å². The molecule has 38 heavy (non-hydrogen) atoms. The summed E-state index contributed by atoms with van der Waals surface area (Å²) in [6, 6.07) is 30.5. The van der Waals surface area contributed by atoms with Crippen LogP contribution in [0.2, 0.25) is 0 Å². The van der Waals surface area contributed by atoms with Gasteiger partial charge < -0.3 is 4.42 Å². The van der Waals surface area contributed by atoms with E-state index in [0.29, 0.717) is 11.1 Å². The fourth-order valence-corrected chi connectivity index (χ4v) is 5.34. The highest BCUT2D eigenvalue weighted by atomic mass is 19.1. The van der Waals surface area contributed by atoms with Gasteiger partial charge in [-0.1, -0.05) is 81.4 Å². The van der Waals surface area contributed by atoms with Gasteiger partial charge in [0.1, 0.15) is 24.0 Å². The highest BCUT2D eigenvalue weighted by molar-refractivity contribution is 6.13. The molecule has 188 valence electrons. The van der Waals surface area contributed by atoms with Crippen LogP contribution in [0.15, 0.2) is 102 Å². The topological polar surface area (TPSA) is 17.0 Å². The summed E-state index contributed by atoms with van der Waals surface area (Å²) in [7, 11) is 2.03. The number of aryl methyl sites for hydroxylation is 2. The first-order valence-corrected chi connectivity index (χ1v) is 13.0. The van der Waals surface area contributed by atoms with E-state index < -0.39 is 0 Å². The molecule has 2 aromatic heterocycles. The molecule has 0 amide bonds. The third-order valence-corrected chi connectivity index (χ3v) is 7.51. The average molecular weight is 501 g/mol. The van der Waals surface area contributed by atoms with Crippen LogP contribution in [-0.4, -0.2) is 0 Å². The molecule has 0 N–H and O–H groups in total. The van der Waals surface area contributed by atoms with Gasteiger partial charge in [-0.25, -0.2) is 8.96 Å². The van der Waals surface area contributed by atoms with E-state index in [-0.39, 0.29) is 11.2 Å².